The van der Waals surface area contributed by atoms with Gasteiger partial charge in [-0.3, -0.25) is 10.0 Å². The predicted octanol–water partition coefficient (Wildman–Crippen LogP) is -1.20. The third-order valence-electron chi connectivity index (χ3n) is 0. The molecule has 0 fully saturated rings. The standard InChI is InChI=1S/CH4N2O.Al.ClH.2H/c2-1(3)4;;;;/h(H4,2,3,4);;1H;;/q;+1;;;/p-1. The largest absolute Gasteiger partial charge is 0.353 e. The molecule has 0 radical (unpaired) electrons. The van der Waals surface area contributed by atoms with Crippen LogP contribution in [0.3, 0.4) is 0 Å². The van der Waals surface area contributed by atoms with Crippen LogP contribution in [-0.2, 0) is 0 Å². The van der Waals surface area contributed by atoms with E-state index in [9.17, 15) is 0 Å². The first kappa shape index (κ1) is 9.43. The van der Waals surface area contributed by atoms with E-state index in [1.807, 2.05) is 0 Å². The monoisotopic (exact) mass is 124 g/mol. The molecule has 36 valence electrons. The number of halogens is 1. The van der Waals surface area contributed by atoms with E-state index in [0.29, 0.717) is 0 Å². The summed E-state index contributed by atoms with van der Waals surface area (Å²) in [5.74, 6) is 0. The highest BCUT2D eigenvalue weighted by Gasteiger charge is 1.60. The van der Waals surface area contributed by atoms with Gasteiger partial charge in [-0.25, -0.2) is 4.79 Å². The second-order valence-electron chi connectivity index (χ2n) is 0.402. The zero-order valence-electron chi connectivity index (χ0n) is 3.44. The predicted molar refractivity (Wildman–Crippen MR) is 28.2 cm³/mol. The van der Waals surface area contributed by atoms with Gasteiger partial charge in [0.15, 0.2) is 0 Å². The Morgan fingerprint density at radius 2 is 1.50 bits per heavy atom. The maximum Gasteiger partial charge on any atom is 0.353 e. The van der Waals surface area contributed by atoms with Crippen molar-refractivity contribution in [1.29, 1.82) is 0 Å². The number of urea groups is 1. The highest BCUT2D eigenvalue weighted by Crippen LogP contribution is 1.29. The van der Waals surface area contributed by atoms with Gasteiger partial charge in [0.1, 0.15) is 0 Å². The van der Waals surface area contributed by atoms with Gasteiger partial charge in [0.2, 0.25) is 0 Å². The van der Waals surface area contributed by atoms with Crippen LogP contribution in [-0.4, -0.2) is 21.4 Å². The van der Waals surface area contributed by atoms with Crippen LogP contribution in [0.25, 0.3) is 0 Å². The van der Waals surface area contributed by atoms with Crippen molar-refractivity contribution in [3.05, 3.63) is 0 Å². The van der Waals surface area contributed by atoms with Gasteiger partial charge in [0.05, 0.1) is 0 Å². The summed E-state index contributed by atoms with van der Waals surface area (Å²) in [6, 6.07) is -0.833. The number of amides is 2. The zero-order valence-corrected chi connectivity index (χ0v) is 6.20. The summed E-state index contributed by atoms with van der Waals surface area (Å²) in [7, 11) is 4.78. The Bertz CT molecular complexity index is 36.5. The van der Waals surface area contributed by atoms with E-state index >= 15 is 0 Å². The molecule has 0 saturated carbocycles. The Morgan fingerprint density at radius 3 is 1.50 bits per heavy atom. The number of rotatable bonds is 0. The summed E-state index contributed by atoms with van der Waals surface area (Å²) >= 11 is 0.778. The number of carbonyl (C=O) groups is 1. The molecule has 0 saturated heterocycles. The number of carbonyl (C=O) groups excluding carboxylic acids is 1. The Morgan fingerprint density at radius 1 is 1.50 bits per heavy atom. The Hall–Kier alpha value is 0.0925. The van der Waals surface area contributed by atoms with E-state index in [1.54, 1.807) is 0 Å². The molecule has 0 aliphatic heterocycles. The van der Waals surface area contributed by atoms with E-state index in [1.165, 1.54) is 0 Å². The number of nitrogens with two attached hydrogens (primary N) is 2. The van der Waals surface area contributed by atoms with Crippen molar-refractivity contribution in [2.45, 2.75) is 0 Å². The minimum absolute atomic E-state index is 0.778. The highest BCUT2D eigenvalue weighted by atomic mass is 35.6. The van der Waals surface area contributed by atoms with Crippen LogP contribution in [0.4, 0.5) is 4.79 Å². The van der Waals surface area contributed by atoms with E-state index in [2.05, 4.69) is 11.5 Å². The molecule has 0 unspecified atom stereocenters. The Labute approximate surface area is 48.3 Å². The molecule has 0 aromatic rings. The van der Waals surface area contributed by atoms with Crippen molar-refractivity contribution in [3.8, 4) is 0 Å². The zero-order chi connectivity index (χ0) is 5.58. The summed E-state index contributed by atoms with van der Waals surface area (Å²) < 4.78 is 0. The van der Waals surface area contributed by atoms with Crippen molar-refractivity contribution in [3.63, 3.8) is 0 Å². The van der Waals surface area contributed by atoms with Gasteiger partial charge in [-0.05, 0) is 0 Å². The number of hydrogen-bond acceptors (Lipinski definition) is 1. The van der Waals surface area contributed by atoms with Crippen molar-refractivity contribution in [2.75, 3.05) is 0 Å². The second-order valence-corrected chi connectivity index (χ2v) is 0.402. The van der Waals surface area contributed by atoms with E-state index in [-0.39, 0.29) is 0 Å². The summed E-state index contributed by atoms with van der Waals surface area (Å²) in [6.45, 7) is 0. The topological polar surface area (TPSA) is 69.1 Å². The Balaban J connectivity index is 0. The van der Waals surface area contributed by atoms with Gasteiger partial charge in [0, 0.05) is 0 Å². The first-order valence-electron chi connectivity index (χ1n) is 1.16. The van der Waals surface area contributed by atoms with Gasteiger partial charge in [-0.2, -0.15) is 0 Å². The molecular formula is CH6AlClN2O. The van der Waals surface area contributed by atoms with Gasteiger partial charge >= 0.3 is 21.4 Å². The number of hydrogen-bond donors (Lipinski definition) is 2. The quantitative estimate of drug-likeness (QED) is 0.391. The maximum absolute atomic E-state index is 9.00. The first-order valence-corrected chi connectivity index (χ1v) is 4.18. The van der Waals surface area contributed by atoms with Crippen LogP contribution in [0, 0.1) is 0 Å². The molecule has 2 amide bonds. The van der Waals surface area contributed by atoms with Crippen molar-refractivity contribution in [2.24, 2.45) is 11.5 Å². The van der Waals surface area contributed by atoms with Crippen molar-refractivity contribution in [1.82, 2.24) is 0 Å². The summed E-state index contributed by atoms with van der Waals surface area (Å²) in [6.07, 6.45) is 0. The maximum atomic E-state index is 9.00. The lowest BCUT2D eigenvalue weighted by Gasteiger charge is -1.62. The third kappa shape index (κ3) is 4580. The molecule has 0 spiro atoms. The summed E-state index contributed by atoms with van der Waals surface area (Å²) in [5, 5.41) is 0. The summed E-state index contributed by atoms with van der Waals surface area (Å²) in [4.78, 5) is 9.00. The molecule has 0 aliphatic rings. The third-order valence-corrected chi connectivity index (χ3v) is 0. The average molecular weight is 125 g/mol. The normalized spacial score (nSPS) is 4.83. The van der Waals surface area contributed by atoms with E-state index < -0.39 is 6.03 Å². The molecule has 0 atom stereocenters. The summed E-state index contributed by atoms with van der Waals surface area (Å²) in [5.41, 5.74) is 8.50. The fourth-order valence-electron chi connectivity index (χ4n) is 0. The minimum Gasteiger partial charge on any atom is -0.352 e. The van der Waals surface area contributed by atoms with Crippen LogP contribution < -0.4 is 11.5 Å². The lowest BCUT2D eigenvalue weighted by Crippen LogP contribution is -2.18. The first-order chi connectivity index (χ1) is 2.73. The SMILES string of the molecule is NC(N)=O.[AlH2][Cl]. The molecule has 0 aliphatic carbocycles. The van der Waals surface area contributed by atoms with Gasteiger partial charge in [-0.1, -0.05) is 0 Å². The van der Waals surface area contributed by atoms with Crippen LogP contribution in [0.15, 0.2) is 0 Å². The molecule has 5 heteroatoms. The van der Waals surface area contributed by atoms with Crippen LogP contribution in [0.1, 0.15) is 0 Å². The van der Waals surface area contributed by atoms with Crippen LogP contribution >= 0.6 is 10.0 Å². The van der Waals surface area contributed by atoms with Crippen molar-refractivity contribution < 1.29 is 4.79 Å². The molecule has 0 bridgehead atoms. The molecule has 0 aromatic carbocycles. The molecule has 4 N–H and O–H groups in total. The fourth-order valence-corrected chi connectivity index (χ4v) is 0. The van der Waals surface area contributed by atoms with Crippen LogP contribution in [0.2, 0.25) is 0 Å². The highest BCUT2D eigenvalue weighted by molar-refractivity contribution is 6.80. The van der Waals surface area contributed by atoms with Gasteiger partial charge in [0.25, 0.3) is 0 Å². The molecule has 3 nitrogen and oxygen atoms in total. The van der Waals surface area contributed by atoms with Gasteiger partial charge in [-0.15, -0.1) is 0 Å². The molecule has 0 aromatic heterocycles. The Kier molecular flexibility index (Phi) is 14.0. The molecule has 0 rings (SSSR count). The lowest BCUT2D eigenvalue weighted by atomic mass is 11.2. The molecule has 6 heavy (non-hydrogen) atoms. The van der Waals surface area contributed by atoms with Gasteiger partial charge < -0.3 is 11.5 Å². The fraction of sp³-hybridized carbons (Fsp3) is 0. The second kappa shape index (κ2) is 8.92. The number of primary amides is 2. The molecular weight excluding hydrogens is 118 g/mol. The minimum atomic E-state index is -0.833. The van der Waals surface area contributed by atoms with E-state index in [4.69, 9.17) is 14.8 Å². The average Bonchev–Trinajstić information content (AvgIpc) is 1.41. The smallest absolute Gasteiger partial charge is 0.352 e. The van der Waals surface area contributed by atoms with E-state index in [0.717, 1.165) is 15.4 Å². The van der Waals surface area contributed by atoms with Crippen molar-refractivity contribution >= 4 is 31.4 Å². The lowest BCUT2D eigenvalue weighted by molar-refractivity contribution is 0.256. The molecule has 0 heterocycles. The van der Waals surface area contributed by atoms with Crippen LogP contribution in [0.5, 0.6) is 0 Å².